The number of carbonyl (C=O) groups excluding carboxylic acids is 1. The van der Waals surface area contributed by atoms with E-state index in [-0.39, 0.29) is 11.7 Å². The molecule has 94 valence electrons. The highest BCUT2D eigenvalue weighted by Gasteiger charge is 2.20. The summed E-state index contributed by atoms with van der Waals surface area (Å²) in [5.74, 6) is -1.14. The van der Waals surface area contributed by atoms with Crippen LogP contribution in [0, 0.1) is 0 Å². The van der Waals surface area contributed by atoms with Gasteiger partial charge in [-0.3, -0.25) is 14.2 Å². The van der Waals surface area contributed by atoms with Crippen molar-refractivity contribution in [3.8, 4) is 0 Å². The van der Waals surface area contributed by atoms with Gasteiger partial charge in [0, 0.05) is 14.1 Å². The van der Waals surface area contributed by atoms with Crippen LogP contribution in [-0.4, -0.2) is 56.5 Å². The zero-order chi connectivity index (χ0) is 13.0. The molecule has 0 fully saturated rings. The highest BCUT2D eigenvalue weighted by Crippen LogP contribution is 2.19. The summed E-state index contributed by atoms with van der Waals surface area (Å²) in [6.45, 7) is 1.72. The summed E-state index contributed by atoms with van der Waals surface area (Å²) in [6.07, 6.45) is 1.43. The predicted octanol–water partition coefficient (Wildman–Crippen LogP) is 0.104. The van der Waals surface area contributed by atoms with Gasteiger partial charge in [-0.15, -0.1) is 10.2 Å². The fraction of sp³-hybridized carbons (Fsp3) is 0.556. The molecular weight excluding hydrogens is 244 g/mol. The predicted molar refractivity (Wildman–Crippen MR) is 61.8 cm³/mol. The number of rotatable bonds is 5. The molecule has 8 heteroatoms. The molecule has 1 heterocycles. The van der Waals surface area contributed by atoms with Gasteiger partial charge < -0.3 is 10.0 Å². The minimum absolute atomic E-state index is 0.0954. The zero-order valence-corrected chi connectivity index (χ0v) is 10.6. The minimum Gasteiger partial charge on any atom is -0.481 e. The number of aromatic nitrogens is 3. The maximum absolute atomic E-state index is 11.8. The molecule has 1 atom stereocenters. The van der Waals surface area contributed by atoms with Crippen molar-refractivity contribution in [1.82, 2.24) is 19.7 Å². The van der Waals surface area contributed by atoms with Gasteiger partial charge in [-0.25, -0.2) is 0 Å². The van der Waals surface area contributed by atoms with Gasteiger partial charge in [0.2, 0.25) is 5.91 Å². The minimum atomic E-state index is -0.934. The molecule has 1 N–H and O–H groups in total. The molecule has 0 spiro atoms. The van der Waals surface area contributed by atoms with E-state index < -0.39 is 12.0 Å². The van der Waals surface area contributed by atoms with Crippen LogP contribution in [0.2, 0.25) is 0 Å². The molecule has 1 aromatic heterocycles. The fourth-order valence-electron chi connectivity index (χ4n) is 1.22. The van der Waals surface area contributed by atoms with Gasteiger partial charge in [-0.1, -0.05) is 11.8 Å². The maximum atomic E-state index is 11.8. The number of amides is 1. The first-order valence-electron chi connectivity index (χ1n) is 4.88. The Morgan fingerprint density at radius 3 is 2.76 bits per heavy atom. The first-order chi connectivity index (χ1) is 7.93. The van der Waals surface area contributed by atoms with Crippen molar-refractivity contribution < 1.29 is 14.7 Å². The van der Waals surface area contributed by atoms with E-state index >= 15 is 0 Å². The molecule has 0 aliphatic rings. The van der Waals surface area contributed by atoms with Crippen LogP contribution in [0.4, 0.5) is 0 Å². The number of hydrogen-bond donors (Lipinski definition) is 1. The summed E-state index contributed by atoms with van der Waals surface area (Å²) in [6, 6.07) is -0.448. The Hall–Kier alpha value is -1.57. The lowest BCUT2D eigenvalue weighted by Crippen LogP contribution is -2.30. The van der Waals surface area contributed by atoms with Gasteiger partial charge in [0.05, 0.1) is 5.75 Å². The number of carbonyl (C=O) groups is 2. The number of thioether (sulfide) groups is 1. The van der Waals surface area contributed by atoms with Gasteiger partial charge in [-0.2, -0.15) is 0 Å². The molecule has 7 nitrogen and oxygen atoms in total. The molecule has 1 unspecified atom stereocenters. The van der Waals surface area contributed by atoms with Crippen LogP contribution in [0.3, 0.4) is 0 Å². The molecule has 0 saturated carbocycles. The molecule has 1 amide bonds. The van der Waals surface area contributed by atoms with Crippen LogP contribution >= 0.6 is 11.8 Å². The van der Waals surface area contributed by atoms with Crippen molar-refractivity contribution in [2.24, 2.45) is 0 Å². The average molecular weight is 258 g/mol. The number of hydrogen-bond acceptors (Lipinski definition) is 5. The zero-order valence-electron chi connectivity index (χ0n) is 9.82. The average Bonchev–Trinajstić information content (AvgIpc) is 2.72. The Bertz CT molecular complexity index is 418. The van der Waals surface area contributed by atoms with Crippen molar-refractivity contribution in [3.05, 3.63) is 6.33 Å². The van der Waals surface area contributed by atoms with E-state index in [1.54, 1.807) is 25.6 Å². The molecule has 0 saturated heterocycles. The summed E-state index contributed by atoms with van der Waals surface area (Å²) in [4.78, 5) is 23.7. The Morgan fingerprint density at radius 1 is 1.59 bits per heavy atom. The SMILES string of the molecule is CC(C(=O)N(C)C)n1cnnc1SCC(=O)O. The Kier molecular flexibility index (Phi) is 4.50. The van der Waals surface area contributed by atoms with E-state index in [1.165, 1.54) is 11.2 Å². The van der Waals surface area contributed by atoms with Crippen LogP contribution in [0.5, 0.6) is 0 Å². The third-order valence-corrected chi connectivity index (χ3v) is 3.02. The van der Waals surface area contributed by atoms with E-state index in [4.69, 9.17) is 5.11 Å². The molecule has 0 aromatic carbocycles. The highest BCUT2D eigenvalue weighted by molar-refractivity contribution is 7.99. The second kappa shape index (κ2) is 5.67. The molecule has 17 heavy (non-hydrogen) atoms. The number of carboxylic acids is 1. The van der Waals surface area contributed by atoms with E-state index in [2.05, 4.69) is 10.2 Å². The standard InChI is InChI=1S/C9H14N4O3S/c1-6(8(16)12(2)3)13-5-10-11-9(13)17-4-7(14)15/h5-6H,4H2,1-3H3,(H,14,15). The fourth-order valence-corrected chi connectivity index (χ4v) is 1.93. The van der Waals surface area contributed by atoms with Crippen molar-refractivity contribution in [2.45, 2.75) is 18.1 Å². The summed E-state index contributed by atoms with van der Waals surface area (Å²) >= 11 is 1.04. The third-order valence-electron chi connectivity index (χ3n) is 2.08. The Morgan fingerprint density at radius 2 is 2.24 bits per heavy atom. The van der Waals surface area contributed by atoms with E-state index in [9.17, 15) is 9.59 Å². The monoisotopic (exact) mass is 258 g/mol. The molecule has 0 radical (unpaired) electrons. The molecular formula is C9H14N4O3S. The highest BCUT2D eigenvalue weighted by atomic mass is 32.2. The number of carboxylic acid groups (broad SMARTS) is 1. The van der Waals surface area contributed by atoms with Crippen LogP contribution in [0.25, 0.3) is 0 Å². The molecule has 0 aliphatic heterocycles. The second-order valence-electron chi connectivity index (χ2n) is 3.61. The number of likely N-dealkylation sites (N-methyl/N-ethyl adjacent to an activating group) is 1. The lowest BCUT2D eigenvalue weighted by molar-refractivity contribution is -0.134. The first-order valence-corrected chi connectivity index (χ1v) is 5.87. The second-order valence-corrected chi connectivity index (χ2v) is 4.55. The van der Waals surface area contributed by atoms with Crippen molar-refractivity contribution in [3.63, 3.8) is 0 Å². The van der Waals surface area contributed by atoms with E-state index in [1.807, 2.05) is 0 Å². The Labute approximate surface area is 103 Å². The first kappa shape index (κ1) is 13.5. The van der Waals surface area contributed by atoms with Gasteiger partial charge in [-0.05, 0) is 6.92 Å². The van der Waals surface area contributed by atoms with E-state index in [0.717, 1.165) is 11.8 Å². The largest absolute Gasteiger partial charge is 0.481 e. The molecule has 0 aliphatic carbocycles. The van der Waals surface area contributed by atoms with Gasteiger partial charge in [0.25, 0.3) is 0 Å². The van der Waals surface area contributed by atoms with Gasteiger partial charge >= 0.3 is 5.97 Å². The lowest BCUT2D eigenvalue weighted by Gasteiger charge is -2.18. The smallest absolute Gasteiger partial charge is 0.313 e. The van der Waals surface area contributed by atoms with Crippen LogP contribution in [0.1, 0.15) is 13.0 Å². The van der Waals surface area contributed by atoms with Crippen molar-refractivity contribution >= 4 is 23.6 Å². The normalized spacial score (nSPS) is 12.2. The lowest BCUT2D eigenvalue weighted by atomic mass is 10.3. The van der Waals surface area contributed by atoms with Crippen LogP contribution in [-0.2, 0) is 9.59 Å². The summed E-state index contributed by atoms with van der Waals surface area (Å²) in [5.41, 5.74) is 0. The topological polar surface area (TPSA) is 88.3 Å². The number of aliphatic carboxylic acids is 1. The van der Waals surface area contributed by atoms with Crippen molar-refractivity contribution in [2.75, 3.05) is 19.8 Å². The van der Waals surface area contributed by atoms with Gasteiger partial charge in [0.1, 0.15) is 12.4 Å². The Balaban J connectivity index is 2.80. The van der Waals surface area contributed by atoms with Gasteiger partial charge in [0.15, 0.2) is 5.16 Å². The number of nitrogens with zero attached hydrogens (tertiary/aromatic N) is 4. The third kappa shape index (κ3) is 3.45. The molecule has 1 rings (SSSR count). The van der Waals surface area contributed by atoms with Crippen molar-refractivity contribution in [1.29, 1.82) is 0 Å². The van der Waals surface area contributed by atoms with Crippen LogP contribution < -0.4 is 0 Å². The van der Waals surface area contributed by atoms with Crippen LogP contribution in [0.15, 0.2) is 11.5 Å². The quantitative estimate of drug-likeness (QED) is 0.754. The summed E-state index contributed by atoms with van der Waals surface area (Å²) < 4.78 is 1.57. The molecule has 1 aromatic rings. The summed E-state index contributed by atoms with van der Waals surface area (Å²) in [7, 11) is 3.32. The van der Waals surface area contributed by atoms with E-state index in [0.29, 0.717) is 5.16 Å². The summed E-state index contributed by atoms with van der Waals surface area (Å²) in [5, 5.41) is 16.5. The molecule has 0 bridgehead atoms. The maximum Gasteiger partial charge on any atom is 0.313 e.